The van der Waals surface area contributed by atoms with E-state index in [0.29, 0.717) is 17.8 Å². The molecule has 2 amide bonds. The van der Waals surface area contributed by atoms with E-state index in [1.54, 1.807) is 24.3 Å². The normalized spacial score (nSPS) is 10.4. The number of hydrogen-bond acceptors (Lipinski definition) is 4. The Bertz CT molecular complexity index is 922. The van der Waals surface area contributed by atoms with E-state index in [1.165, 1.54) is 11.3 Å². The van der Waals surface area contributed by atoms with Gasteiger partial charge in [-0.2, -0.15) is 0 Å². The molecule has 27 heavy (non-hydrogen) atoms. The zero-order chi connectivity index (χ0) is 19.1. The lowest BCUT2D eigenvalue weighted by Crippen LogP contribution is -2.27. The summed E-state index contributed by atoms with van der Waals surface area (Å²) in [5, 5.41) is 8.53. The quantitative estimate of drug-likeness (QED) is 0.659. The average molecular weight is 379 g/mol. The fourth-order valence-corrected chi connectivity index (χ4v) is 3.31. The molecule has 2 N–H and O–H groups in total. The summed E-state index contributed by atoms with van der Waals surface area (Å²) < 4.78 is 0. The molecule has 3 aromatic rings. The van der Waals surface area contributed by atoms with Crippen LogP contribution < -0.4 is 10.6 Å². The fourth-order valence-electron chi connectivity index (χ4n) is 2.70. The number of nitrogens with zero attached hydrogens (tertiary/aromatic N) is 1. The Hall–Kier alpha value is -2.99. The molecular weight excluding hydrogens is 358 g/mol. The molecule has 5 nitrogen and oxygen atoms in total. The number of rotatable bonds is 7. The fraction of sp³-hybridized carbons (Fsp3) is 0.190. The molecule has 0 aliphatic rings. The standard InChI is InChI=1S/C21H21N3O2S/c1-15-23-17(14-27-15)13-20(25)24-19-10-6-5-9-18(19)21(26)22-12-11-16-7-3-2-4-8-16/h2-10,14H,11-13H2,1H3,(H,22,26)(H,24,25). The smallest absolute Gasteiger partial charge is 0.253 e. The van der Waals surface area contributed by atoms with Gasteiger partial charge in [0.15, 0.2) is 0 Å². The lowest BCUT2D eigenvalue weighted by Gasteiger charge is -2.11. The first kappa shape index (κ1) is 18.8. The maximum absolute atomic E-state index is 12.5. The van der Waals surface area contributed by atoms with Crippen molar-refractivity contribution >= 4 is 28.8 Å². The minimum Gasteiger partial charge on any atom is -0.352 e. The van der Waals surface area contributed by atoms with E-state index in [2.05, 4.69) is 15.6 Å². The van der Waals surface area contributed by atoms with Crippen LogP contribution in [0.2, 0.25) is 0 Å². The summed E-state index contributed by atoms with van der Waals surface area (Å²) in [7, 11) is 0. The van der Waals surface area contributed by atoms with Gasteiger partial charge < -0.3 is 10.6 Å². The summed E-state index contributed by atoms with van der Waals surface area (Å²) in [4.78, 5) is 29.1. The summed E-state index contributed by atoms with van der Waals surface area (Å²) in [6.45, 7) is 2.43. The Morgan fingerprint density at radius 2 is 1.78 bits per heavy atom. The number of nitrogens with one attached hydrogen (secondary N) is 2. The first-order valence-corrected chi connectivity index (χ1v) is 9.62. The number of carbonyl (C=O) groups is 2. The molecule has 0 saturated carbocycles. The number of thiazole rings is 1. The molecule has 0 unspecified atom stereocenters. The van der Waals surface area contributed by atoms with Gasteiger partial charge in [-0.15, -0.1) is 11.3 Å². The first-order valence-electron chi connectivity index (χ1n) is 8.74. The first-order chi connectivity index (χ1) is 13.1. The van der Waals surface area contributed by atoms with Crippen molar-refractivity contribution in [3.63, 3.8) is 0 Å². The highest BCUT2D eigenvalue weighted by Gasteiger charge is 2.14. The molecule has 0 bridgehead atoms. The Morgan fingerprint density at radius 3 is 2.52 bits per heavy atom. The second-order valence-electron chi connectivity index (χ2n) is 6.12. The third kappa shape index (κ3) is 5.49. The van der Waals surface area contributed by atoms with Gasteiger partial charge in [0.25, 0.3) is 5.91 Å². The van der Waals surface area contributed by atoms with E-state index in [-0.39, 0.29) is 18.2 Å². The van der Waals surface area contributed by atoms with Crippen molar-refractivity contribution < 1.29 is 9.59 Å². The Labute approximate surface area is 162 Å². The highest BCUT2D eigenvalue weighted by molar-refractivity contribution is 7.09. The predicted octanol–water partition coefficient (Wildman–Crippen LogP) is 3.61. The summed E-state index contributed by atoms with van der Waals surface area (Å²) in [6.07, 6.45) is 0.943. The van der Waals surface area contributed by atoms with E-state index in [1.807, 2.05) is 42.6 Å². The number of anilines is 1. The maximum Gasteiger partial charge on any atom is 0.253 e. The number of hydrogen-bond donors (Lipinski definition) is 2. The number of carbonyl (C=O) groups excluding carboxylic acids is 2. The van der Waals surface area contributed by atoms with Crippen LogP contribution in [0.25, 0.3) is 0 Å². The van der Waals surface area contributed by atoms with Gasteiger partial charge >= 0.3 is 0 Å². The van der Waals surface area contributed by atoms with Crippen molar-refractivity contribution in [1.29, 1.82) is 0 Å². The average Bonchev–Trinajstić information content (AvgIpc) is 3.07. The van der Waals surface area contributed by atoms with Gasteiger partial charge in [-0.05, 0) is 31.0 Å². The van der Waals surface area contributed by atoms with Crippen molar-refractivity contribution in [2.45, 2.75) is 19.8 Å². The summed E-state index contributed by atoms with van der Waals surface area (Å²) in [5.74, 6) is -0.392. The number of aryl methyl sites for hydroxylation is 1. The summed E-state index contributed by atoms with van der Waals surface area (Å²) in [5.41, 5.74) is 2.86. The van der Waals surface area contributed by atoms with Gasteiger partial charge in [0.05, 0.1) is 28.4 Å². The van der Waals surface area contributed by atoms with Crippen LogP contribution in [0.4, 0.5) is 5.69 Å². The van der Waals surface area contributed by atoms with Gasteiger partial charge in [-0.1, -0.05) is 42.5 Å². The zero-order valence-electron chi connectivity index (χ0n) is 15.1. The second kappa shape index (κ2) is 9.09. The molecule has 0 radical (unpaired) electrons. The number of amides is 2. The molecule has 0 saturated heterocycles. The number of benzene rings is 2. The summed E-state index contributed by atoms with van der Waals surface area (Å²) in [6, 6.07) is 17.0. The SMILES string of the molecule is Cc1nc(CC(=O)Nc2ccccc2C(=O)NCCc2ccccc2)cs1. The van der Waals surface area contributed by atoms with Crippen LogP contribution in [-0.2, 0) is 17.6 Å². The Morgan fingerprint density at radius 1 is 1.04 bits per heavy atom. The Balaban J connectivity index is 1.59. The molecule has 3 rings (SSSR count). The molecule has 6 heteroatoms. The van der Waals surface area contributed by atoms with Crippen LogP contribution in [-0.4, -0.2) is 23.3 Å². The van der Waals surface area contributed by atoms with Crippen molar-refractivity contribution in [3.05, 3.63) is 81.8 Å². The minimum atomic E-state index is -0.202. The molecule has 1 heterocycles. The molecule has 2 aromatic carbocycles. The van der Waals surface area contributed by atoms with Crippen LogP contribution >= 0.6 is 11.3 Å². The minimum absolute atomic E-state index is 0.189. The van der Waals surface area contributed by atoms with E-state index in [9.17, 15) is 9.59 Å². The van der Waals surface area contributed by atoms with Crippen LogP contribution in [0, 0.1) is 6.92 Å². The van der Waals surface area contributed by atoms with Crippen molar-refractivity contribution in [2.75, 3.05) is 11.9 Å². The topological polar surface area (TPSA) is 71.1 Å². The van der Waals surface area contributed by atoms with E-state index in [0.717, 1.165) is 22.7 Å². The molecule has 1 aromatic heterocycles. The largest absolute Gasteiger partial charge is 0.352 e. The monoisotopic (exact) mass is 379 g/mol. The molecule has 0 atom stereocenters. The molecular formula is C21H21N3O2S. The van der Waals surface area contributed by atoms with Crippen LogP contribution in [0.3, 0.4) is 0 Å². The lowest BCUT2D eigenvalue weighted by molar-refractivity contribution is -0.115. The number of aromatic nitrogens is 1. The Kier molecular flexibility index (Phi) is 6.33. The second-order valence-corrected chi connectivity index (χ2v) is 7.18. The van der Waals surface area contributed by atoms with Crippen LogP contribution in [0.1, 0.15) is 26.6 Å². The molecule has 0 spiro atoms. The third-order valence-electron chi connectivity index (χ3n) is 4.00. The van der Waals surface area contributed by atoms with Crippen molar-refractivity contribution in [1.82, 2.24) is 10.3 Å². The van der Waals surface area contributed by atoms with Crippen molar-refractivity contribution in [2.24, 2.45) is 0 Å². The molecule has 0 aliphatic heterocycles. The zero-order valence-corrected chi connectivity index (χ0v) is 15.9. The predicted molar refractivity (Wildman–Crippen MR) is 108 cm³/mol. The molecule has 0 fully saturated rings. The van der Waals surface area contributed by atoms with E-state index >= 15 is 0 Å². The molecule has 0 aliphatic carbocycles. The summed E-state index contributed by atoms with van der Waals surface area (Å²) >= 11 is 1.51. The van der Waals surface area contributed by atoms with Gasteiger partial charge in [0.2, 0.25) is 5.91 Å². The van der Waals surface area contributed by atoms with Gasteiger partial charge in [-0.3, -0.25) is 9.59 Å². The van der Waals surface area contributed by atoms with Gasteiger partial charge in [0, 0.05) is 11.9 Å². The van der Waals surface area contributed by atoms with Crippen molar-refractivity contribution in [3.8, 4) is 0 Å². The molecule has 138 valence electrons. The van der Waals surface area contributed by atoms with Crippen LogP contribution in [0.5, 0.6) is 0 Å². The van der Waals surface area contributed by atoms with Crippen LogP contribution in [0.15, 0.2) is 60.0 Å². The number of para-hydroxylation sites is 1. The lowest BCUT2D eigenvalue weighted by atomic mass is 10.1. The van der Waals surface area contributed by atoms with E-state index < -0.39 is 0 Å². The highest BCUT2D eigenvalue weighted by Crippen LogP contribution is 2.16. The highest BCUT2D eigenvalue weighted by atomic mass is 32.1. The maximum atomic E-state index is 12.5. The van der Waals surface area contributed by atoms with Gasteiger partial charge in [-0.25, -0.2) is 4.98 Å². The third-order valence-corrected chi connectivity index (χ3v) is 4.82. The van der Waals surface area contributed by atoms with E-state index in [4.69, 9.17) is 0 Å². The van der Waals surface area contributed by atoms with Gasteiger partial charge in [0.1, 0.15) is 0 Å².